The number of nitrogens with two attached hydrogens (primary N) is 1. The van der Waals surface area contributed by atoms with E-state index in [0.717, 1.165) is 23.8 Å². The maximum Gasteiger partial charge on any atom is 0.229 e. The van der Waals surface area contributed by atoms with Gasteiger partial charge in [0.1, 0.15) is 5.82 Å². The van der Waals surface area contributed by atoms with Crippen LogP contribution in [0, 0.1) is 0 Å². The first-order valence-corrected chi connectivity index (χ1v) is 8.62. The van der Waals surface area contributed by atoms with Crippen molar-refractivity contribution in [2.24, 2.45) is 0 Å². The highest BCUT2D eigenvalue weighted by molar-refractivity contribution is 5.78. The molecule has 1 aliphatic heterocycles. The van der Waals surface area contributed by atoms with Crippen molar-refractivity contribution >= 4 is 11.6 Å². The molecule has 3 heterocycles. The first-order valence-electron chi connectivity index (χ1n) is 8.62. The molecule has 132 valence electrons. The number of benzene rings is 1. The molecule has 0 saturated carbocycles. The minimum absolute atomic E-state index is 0.0427. The third kappa shape index (κ3) is 3.42. The van der Waals surface area contributed by atoms with E-state index >= 15 is 0 Å². The Bertz CT molecular complexity index is 904. The molecule has 0 bridgehead atoms. The lowest BCUT2D eigenvalue weighted by Crippen LogP contribution is -2.39. The molecule has 0 unspecified atom stereocenters. The minimum atomic E-state index is 0.0427. The molecule has 7 heteroatoms. The number of hydrogen-bond donors (Lipinski definition) is 1. The molecule has 26 heavy (non-hydrogen) atoms. The first kappa shape index (κ1) is 16.3. The number of fused-ring (bicyclic) bond motifs is 1. The Morgan fingerprint density at radius 1 is 1.08 bits per heavy atom. The van der Waals surface area contributed by atoms with E-state index in [1.54, 1.807) is 18.3 Å². The molecule has 0 spiro atoms. The zero-order valence-corrected chi connectivity index (χ0v) is 14.4. The summed E-state index contributed by atoms with van der Waals surface area (Å²) in [5, 5.41) is 8.62. The average Bonchev–Trinajstić information content (AvgIpc) is 3.06. The van der Waals surface area contributed by atoms with E-state index in [1.807, 2.05) is 23.1 Å². The topological polar surface area (TPSA) is 89.9 Å². The molecule has 2 N–H and O–H groups in total. The first-order chi connectivity index (χ1) is 12.7. The summed E-state index contributed by atoms with van der Waals surface area (Å²) in [6.07, 6.45) is 2.59. The fraction of sp³-hybridized carbons (Fsp3) is 0.263. The fourth-order valence-corrected chi connectivity index (χ4v) is 3.15. The van der Waals surface area contributed by atoms with Crippen LogP contribution < -0.4 is 5.73 Å². The van der Waals surface area contributed by atoms with Gasteiger partial charge in [-0.3, -0.25) is 9.78 Å². The quantitative estimate of drug-likeness (QED) is 0.770. The number of rotatable bonds is 4. The Hall–Kier alpha value is -3.22. The minimum Gasteiger partial charge on any atom is -0.397 e. The molecular formula is C19H20N6O. The Kier molecular flexibility index (Phi) is 4.35. The van der Waals surface area contributed by atoms with Crippen molar-refractivity contribution in [3.8, 4) is 0 Å². The van der Waals surface area contributed by atoms with Gasteiger partial charge in [-0.25, -0.2) is 0 Å². The van der Waals surface area contributed by atoms with E-state index in [0.29, 0.717) is 25.3 Å². The molecule has 3 aromatic rings. The van der Waals surface area contributed by atoms with Crippen molar-refractivity contribution in [3.63, 3.8) is 0 Å². The molecule has 0 atom stereocenters. The number of nitrogens with zero attached hydrogens (tertiary/aromatic N) is 5. The Balaban J connectivity index is 1.43. The largest absolute Gasteiger partial charge is 0.397 e. The lowest BCUT2D eigenvalue weighted by atomic mass is 10.1. The number of pyridine rings is 1. The number of carbonyl (C=O) groups is 1. The van der Waals surface area contributed by atoms with Crippen LogP contribution >= 0.6 is 0 Å². The van der Waals surface area contributed by atoms with E-state index < -0.39 is 0 Å². The summed E-state index contributed by atoms with van der Waals surface area (Å²) in [5.41, 5.74) is 8.16. The second kappa shape index (κ2) is 6.95. The van der Waals surface area contributed by atoms with Gasteiger partial charge in [-0.05, 0) is 17.7 Å². The summed E-state index contributed by atoms with van der Waals surface area (Å²) in [6, 6.07) is 13.8. The number of carbonyl (C=O) groups excluding carboxylic acids is 1. The summed E-state index contributed by atoms with van der Waals surface area (Å²) in [7, 11) is 0. The SMILES string of the molecule is Nc1ccc(CC(=O)N2CCn3c(Cc4ccccc4)nnc3C2)nc1. The number of amides is 1. The number of anilines is 1. The van der Waals surface area contributed by atoms with Gasteiger partial charge in [0.15, 0.2) is 5.82 Å². The van der Waals surface area contributed by atoms with Crippen LogP contribution in [0.2, 0.25) is 0 Å². The van der Waals surface area contributed by atoms with Crippen molar-refractivity contribution in [2.45, 2.75) is 25.9 Å². The fourth-order valence-electron chi connectivity index (χ4n) is 3.15. The Labute approximate surface area is 151 Å². The maximum absolute atomic E-state index is 12.6. The molecule has 0 fully saturated rings. The molecule has 0 radical (unpaired) electrons. The van der Waals surface area contributed by atoms with Crippen LogP contribution in [0.15, 0.2) is 48.7 Å². The third-order valence-corrected chi connectivity index (χ3v) is 4.57. The van der Waals surface area contributed by atoms with Crippen molar-refractivity contribution in [2.75, 3.05) is 12.3 Å². The molecule has 7 nitrogen and oxygen atoms in total. The predicted molar refractivity (Wildman–Crippen MR) is 97.0 cm³/mol. The van der Waals surface area contributed by atoms with E-state index in [4.69, 9.17) is 5.73 Å². The van der Waals surface area contributed by atoms with E-state index in [1.165, 1.54) is 5.56 Å². The highest BCUT2D eigenvalue weighted by Gasteiger charge is 2.24. The van der Waals surface area contributed by atoms with Crippen LogP contribution in [0.3, 0.4) is 0 Å². The van der Waals surface area contributed by atoms with E-state index in [-0.39, 0.29) is 12.3 Å². The molecule has 1 aromatic carbocycles. The van der Waals surface area contributed by atoms with Crippen LogP contribution in [0.4, 0.5) is 5.69 Å². The zero-order chi connectivity index (χ0) is 17.9. The van der Waals surface area contributed by atoms with Crippen molar-refractivity contribution in [3.05, 3.63) is 71.6 Å². The van der Waals surface area contributed by atoms with Gasteiger partial charge >= 0.3 is 0 Å². The average molecular weight is 348 g/mol. The van der Waals surface area contributed by atoms with Gasteiger partial charge in [0.2, 0.25) is 5.91 Å². The lowest BCUT2D eigenvalue weighted by Gasteiger charge is -2.28. The van der Waals surface area contributed by atoms with Gasteiger partial charge in [0.05, 0.1) is 24.8 Å². The summed E-state index contributed by atoms with van der Waals surface area (Å²) in [4.78, 5) is 18.6. The third-order valence-electron chi connectivity index (χ3n) is 4.57. The molecule has 0 aliphatic carbocycles. The number of aromatic nitrogens is 4. The predicted octanol–water partition coefficient (Wildman–Crippen LogP) is 1.43. The van der Waals surface area contributed by atoms with Gasteiger partial charge in [0, 0.05) is 25.2 Å². The zero-order valence-electron chi connectivity index (χ0n) is 14.4. The van der Waals surface area contributed by atoms with Crippen LogP contribution in [0.5, 0.6) is 0 Å². The van der Waals surface area contributed by atoms with E-state index in [2.05, 4.69) is 31.9 Å². The smallest absolute Gasteiger partial charge is 0.229 e. The van der Waals surface area contributed by atoms with Gasteiger partial charge in [-0.15, -0.1) is 10.2 Å². The Morgan fingerprint density at radius 2 is 1.92 bits per heavy atom. The van der Waals surface area contributed by atoms with Crippen LogP contribution in [0.1, 0.15) is 22.9 Å². The van der Waals surface area contributed by atoms with Crippen molar-refractivity contribution < 1.29 is 4.79 Å². The Morgan fingerprint density at radius 3 is 2.69 bits per heavy atom. The maximum atomic E-state index is 12.6. The van der Waals surface area contributed by atoms with Crippen LogP contribution in [0.25, 0.3) is 0 Å². The van der Waals surface area contributed by atoms with Gasteiger partial charge in [-0.1, -0.05) is 30.3 Å². The van der Waals surface area contributed by atoms with Crippen LogP contribution in [-0.2, 0) is 30.7 Å². The second-order valence-electron chi connectivity index (χ2n) is 6.42. The molecule has 0 saturated heterocycles. The highest BCUT2D eigenvalue weighted by atomic mass is 16.2. The molecular weight excluding hydrogens is 328 g/mol. The summed E-state index contributed by atoms with van der Waals surface area (Å²) < 4.78 is 2.12. The normalized spacial score (nSPS) is 13.5. The monoisotopic (exact) mass is 348 g/mol. The van der Waals surface area contributed by atoms with E-state index in [9.17, 15) is 4.79 Å². The van der Waals surface area contributed by atoms with Gasteiger partial charge < -0.3 is 15.2 Å². The number of nitrogen functional groups attached to an aromatic ring is 1. The molecule has 4 rings (SSSR count). The summed E-state index contributed by atoms with van der Waals surface area (Å²) >= 11 is 0. The van der Waals surface area contributed by atoms with Gasteiger partial charge in [-0.2, -0.15) is 0 Å². The molecule has 1 amide bonds. The highest BCUT2D eigenvalue weighted by Crippen LogP contribution is 2.16. The molecule has 2 aromatic heterocycles. The van der Waals surface area contributed by atoms with Crippen molar-refractivity contribution in [1.29, 1.82) is 0 Å². The van der Waals surface area contributed by atoms with Crippen LogP contribution in [-0.4, -0.2) is 37.1 Å². The number of hydrogen-bond acceptors (Lipinski definition) is 5. The summed E-state index contributed by atoms with van der Waals surface area (Å²) in [5.74, 6) is 1.82. The lowest BCUT2D eigenvalue weighted by molar-refractivity contribution is -0.132. The molecule has 1 aliphatic rings. The second-order valence-corrected chi connectivity index (χ2v) is 6.42. The van der Waals surface area contributed by atoms with Crippen molar-refractivity contribution in [1.82, 2.24) is 24.6 Å². The summed E-state index contributed by atoms with van der Waals surface area (Å²) in [6.45, 7) is 1.85. The van der Waals surface area contributed by atoms with Gasteiger partial charge in [0.25, 0.3) is 0 Å². The standard InChI is InChI=1S/C19H20N6O/c20-15-6-7-16(21-12-15)11-19(26)24-8-9-25-17(22-23-18(25)13-24)10-14-4-2-1-3-5-14/h1-7,12H,8-11,13,20H2.